The van der Waals surface area contributed by atoms with Crippen LogP contribution < -0.4 is 0 Å². The summed E-state index contributed by atoms with van der Waals surface area (Å²) in [5.74, 6) is -0.417. The van der Waals surface area contributed by atoms with E-state index in [1.807, 2.05) is 24.3 Å². The van der Waals surface area contributed by atoms with Crippen molar-refractivity contribution in [2.75, 3.05) is 13.2 Å². The third-order valence-corrected chi connectivity index (χ3v) is 3.94. The average Bonchev–Trinajstić information content (AvgIpc) is 2.77. The topological polar surface area (TPSA) is 60.8 Å². The quantitative estimate of drug-likeness (QED) is 0.807. The number of aliphatic hydroxyl groups excluding tert-OH is 1. The van der Waals surface area contributed by atoms with Gasteiger partial charge in [0.15, 0.2) is 0 Å². The normalized spacial score (nSPS) is 23.5. The SMILES string of the molecule is CC1CCN(Cc2cccc(/C=C/C(=O)O)c2)C1CO. The van der Waals surface area contributed by atoms with Crippen LogP contribution in [0.25, 0.3) is 6.08 Å². The lowest BCUT2D eigenvalue weighted by Crippen LogP contribution is -2.34. The standard InChI is InChI=1S/C16H21NO3/c1-12-7-8-17(15(12)11-18)10-14-4-2-3-13(9-14)5-6-16(19)20/h2-6,9,12,15,18H,7-8,10-11H2,1H3,(H,19,20)/b6-5+. The molecule has 4 nitrogen and oxygen atoms in total. The molecule has 20 heavy (non-hydrogen) atoms. The van der Waals surface area contributed by atoms with Gasteiger partial charge in [-0.2, -0.15) is 0 Å². The van der Waals surface area contributed by atoms with Crippen molar-refractivity contribution in [2.45, 2.75) is 25.9 Å². The molecule has 0 aromatic heterocycles. The maximum Gasteiger partial charge on any atom is 0.328 e. The molecule has 1 aromatic rings. The van der Waals surface area contributed by atoms with Crippen LogP contribution in [-0.2, 0) is 11.3 Å². The van der Waals surface area contributed by atoms with E-state index in [1.54, 1.807) is 6.08 Å². The van der Waals surface area contributed by atoms with Gasteiger partial charge in [-0.3, -0.25) is 4.90 Å². The van der Waals surface area contributed by atoms with Gasteiger partial charge in [-0.05, 0) is 36.1 Å². The van der Waals surface area contributed by atoms with Crippen molar-refractivity contribution < 1.29 is 15.0 Å². The first-order chi connectivity index (χ1) is 9.60. The minimum atomic E-state index is -0.941. The number of carboxylic acids is 1. The van der Waals surface area contributed by atoms with Gasteiger partial charge in [0.05, 0.1) is 6.61 Å². The monoisotopic (exact) mass is 275 g/mol. The van der Waals surface area contributed by atoms with Crippen LogP contribution in [0.3, 0.4) is 0 Å². The number of benzene rings is 1. The number of likely N-dealkylation sites (tertiary alicyclic amines) is 1. The van der Waals surface area contributed by atoms with E-state index in [0.29, 0.717) is 5.92 Å². The Morgan fingerprint density at radius 1 is 1.50 bits per heavy atom. The molecule has 2 N–H and O–H groups in total. The van der Waals surface area contributed by atoms with Crippen LogP contribution in [-0.4, -0.2) is 40.3 Å². The van der Waals surface area contributed by atoms with E-state index < -0.39 is 5.97 Å². The van der Waals surface area contributed by atoms with Gasteiger partial charge in [0, 0.05) is 18.7 Å². The highest BCUT2D eigenvalue weighted by molar-refractivity contribution is 5.85. The second-order valence-electron chi connectivity index (χ2n) is 5.40. The predicted molar refractivity (Wildman–Crippen MR) is 78.2 cm³/mol. The van der Waals surface area contributed by atoms with Gasteiger partial charge in [-0.1, -0.05) is 31.2 Å². The van der Waals surface area contributed by atoms with E-state index in [4.69, 9.17) is 5.11 Å². The molecule has 1 fully saturated rings. The molecule has 0 aliphatic carbocycles. The number of carboxylic acid groups (broad SMARTS) is 1. The average molecular weight is 275 g/mol. The van der Waals surface area contributed by atoms with Gasteiger partial charge in [0.2, 0.25) is 0 Å². The molecule has 2 rings (SSSR count). The molecule has 1 aliphatic rings. The zero-order valence-corrected chi connectivity index (χ0v) is 11.7. The zero-order chi connectivity index (χ0) is 14.5. The smallest absolute Gasteiger partial charge is 0.328 e. The molecule has 2 unspecified atom stereocenters. The summed E-state index contributed by atoms with van der Waals surface area (Å²) in [6.07, 6.45) is 3.86. The highest BCUT2D eigenvalue weighted by Crippen LogP contribution is 2.25. The van der Waals surface area contributed by atoms with Gasteiger partial charge >= 0.3 is 5.97 Å². The van der Waals surface area contributed by atoms with Crippen LogP contribution in [0, 0.1) is 5.92 Å². The van der Waals surface area contributed by atoms with Gasteiger partial charge < -0.3 is 10.2 Å². The molecule has 0 saturated carbocycles. The van der Waals surface area contributed by atoms with Crippen LogP contribution in [0.1, 0.15) is 24.5 Å². The number of aliphatic hydroxyl groups is 1. The summed E-state index contributed by atoms with van der Waals surface area (Å²) in [5, 5.41) is 18.1. The van der Waals surface area contributed by atoms with Crippen LogP contribution in [0.2, 0.25) is 0 Å². The molecule has 1 saturated heterocycles. The van der Waals surface area contributed by atoms with Crippen LogP contribution >= 0.6 is 0 Å². The first kappa shape index (κ1) is 14.8. The van der Waals surface area contributed by atoms with E-state index in [2.05, 4.69) is 11.8 Å². The summed E-state index contributed by atoms with van der Waals surface area (Å²) in [4.78, 5) is 12.8. The van der Waals surface area contributed by atoms with E-state index >= 15 is 0 Å². The molecule has 0 radical (unpaired) electrons. The Hall–Kier alpha value is -1.65. The number of nitrogens with zero attached hydrogens (tertiary/aromatic N) is 1. The van der Waals surface area contributed by atoms with Gasteiger partial charge in [0.1, 0.15) is 0 Å². The minimum absolute atomic E-state index is 0.194. The van der Waals surface area contributed by atoms with Gasteiger partial charge in [0.25, 0.3) is 0 Å². The summed E-state index contributed by atoms with van der Waals surface area (Å²) in [5.41, 5.74) is 2.03. The second kappa shape index (κ2) is 6.68. The van der Waals surface area contributed by atoms with Crippen molar-refractivity contribution >= 4 is 12.0 Å². The van der Waals surface area contributed by atoms with E-state index in [0.717, 1.165) is 36.7 Å². The first-order valence-electron chi connectivity index (χ1n) is 6.95. The lowest BCUT2D eigenvalue weighted by Gasteiger charge is -2.25. The summed E-state index contributed by atoms with van der Waals surface area (Å²) < 4.78 is 0. The Bertz CT molecular complexity index is 498. The Morgan fingerprint density at radius 3 is 3.00 bits per heavy atom. The Kier molecular flexibility index (Phi) is 4.93. The van der Waals surface area contributed by atoms with Crippen LogP contribution in [0.15, 0.2) is 30.3 Å². The highest BCUT2D eigenvalue weighted by Gasteiger charge is 2.30. The molecule has 1 heterocycles. The molecule has 108 valence electrons. The lowest BCUT2D eigenvalue weighted by atomic mass is 10.0. The first-order valence-corrected chi connectivity index (χ1v) is 6.95. The van der Waals surface area contributed by atoms with Gasteiger partial charge in [-0.15, -0.1) is 0 Å². The third-order valence-electron chi connectivity index (χ3n) is 3.94. The fourth-order valence-corrected chi connectivity index (χ4v) is 2.78. The van der Waals surface area contributed by atoms with Crippen LogP contribution in [0.4, 0.5) is 0 Å². The lowest BCUT2D eigenvalue weighted by molar-refractivity contribution is -0.131. The summed E-state index contributed by atoms with van der Waals surface area (Å²) >= 11 is 0. The highest BCUT2D eigenvalue weighted by atomic mass is 16.4. The molecule has 4 heteroatoms. The summed E-state index contributed by atoms with van der Waals surface area (Å²) in [7, 11) is 0. The third kappa shape index (κ3) is 3.68. The summed E-state index contributed by atoms with van der Waals surface area (Å²) in [6.45, 7) is 4.17. The zero-order valence-electron chi connectivity index (χ0n) is 11.7. The molecular weight excluding hydrogens is 254 g/mol. The van der Waals surface area contributed by atoms with E-state index in [1.165, 1.54) is 0 Å². The largest absolute Gasteiger partial charge is 0.478 e. The summed E-state index contributed by atoms with van der Waals surface area (Å²) in [6, 6.07) is 8.09. The maximum atomic E-state index is 10.5. The molecule has 0 amide bonds. The Balaban J connectivity index is 2.06. The van der Waals surface area contributed by atoms with Crippen molar-refractivity contribution in [1.29, 1.82) is 0 Å². The Morgan fingerprint density at radius 2 is 2.30 bits per heavy atom. The fourth-order valence-electron chi connectivity index (χ4n) is 2.78. The van der Waals surface area contributed by atoms with Crippen molar-refractivity contribution in [3.05, 3.63) is 41.5 Å². The molecule has 1 aliphatic heterocycles. The van der Waals surface area contributed by atoms with Crippen molar-refractivity contribution in [3.8, 4) is 0 Å². The van der Waals surface area contributed by atoms with Crippen LogP contribution in [0.5, 0.6) is 0 Å². The molecule has 1 aromatic carbocycles. The van der Waals surface area contributed by atoms with Crippen molar-refractivity contribution in [1.82, 2.24) is 4.90 Å². The number of hydrogen-bond acceptors (Lipinski definition) is 3. The second-order valence-corrected chi connectivity index (χ2v) is 5.40. The molecule has 2 atom stereocenters. The van der Waals surface area contributed by atoms with Crippen molar-refractivity contribution in [2.24, 2.45) is 5.92 Å². The Labute approximate surface area is 119 Å². The number of carbonyl (C=O) groups is 1. The number of aliphatic carboxylic acids is 1. The molecular formula is C16H21NO3. The molecule has 0 bridgehead atoms. The van der Waals surface area contributed by atoms with Gasteiger partial charge in [-0.25, -0.2) is 4.79 Å². The molecule has 0 spiro atoms. The van der Waals surface area contributed by atoms with E-state index in [-0.39, 0.29) is 12.6 Å². The maximum absolute atomic E-state index is 10.5. The number of hydrogen-bond donors (Lipinski definition) is 2. The fraction of sp³-hybridized carbons (Fsp3) is 0.438. The number of rotatable bonds is 5. The van der Waals surface area contributed by atoms with Crippen molar-refractivity contribution in [3.63, 3.8) is 0 Å². The van der Waals surface area contributed by atoms with E-state index in [9.17, 15) is 9.90 Å². The minimum Gasteiger partial charge on any atom is -0.478 e. The predicted octanol–water partition coefficient (Wildman–Crippen LogP) is 1.99.